The Labute approximate surface area is 192 Å². The van der Waals surface area contributed by atoms with Crippen molar-refractivity contribution in [3.05, 3.63) is 12.2 Å². The van der Waals surface area contributed by atoms with Crippen LogP contribution in [-0.2, 0) is 19.1 Å². The lowest BCUT2D eigenvalue weighted by Crippen LogP contribution is -2.53. The van der Waals surface area contributed by atoms with Crippen LogP contribution in [0.3, 0.4) is 0 Å². The Morgan fingerprint density at radius 1 is 1.12 bits per heavy atom. The number of hydrogen-bond donors (Lipinski definition) is 2. The summed E-state index contributed by atoms with van der Waals surface area (Å²) < 4.78 is 11.3. The predicted molar refractivity (Wildman–Crippen MR) is 123 cm³/mol. The average molecular weight is 455 g/mol. The van der Waals surface area contributed by atoms with E-state index in [-0.39, 0.29) is 24.4 Å². The molecule has 1 saturated heterocycles. The first-order valence-corrected chi connectivity index (χ1v) is 11.5. The normalized spacial score (nSPS) is 22.7. The molecule has 8 heteroatoms. The molecule has 1 aliphatic heterocycles. The van der Waals surface area contributed by atoms with Crippen molar-refractivity contribution in [2.24, 2.45) is 11.8 Å². The van der Waals surface area contributed by atoms with Gasteiger partial charge in [-0.3, -0.25) is 9.69 Å². The third-order valence-corrected chi connectivity index (χ3v) is 5.16. The molecule has 1 aliphatic rings. The van der Waals surface area contributed by atoms with Crippen molar-refractivity contribution < 1.29 is 29.0 Å². The summed E-state index contributed by atoms with van der Waals surface area (Å²) in [6.07, 6.45) is 5.32. The van der Waals surface area contributed by atoms with E-state index in [0.29, 0.717) is 6.42 Å². The Kier molecular flexibility index (Phi) is 10.2. The van der Waals surface area contributed by atoms with E-state index in [4.69, 9.17) is 14.6 Å². The monoisotopic (exact) mass is 454 g/mol. The molecular weight excluding hydrogens is 412 g/mol. The van der Waals surface area contributed by atoms with Gasteiger partial charge in [0.25, 0.3) is 0 Å². The molecule has 2 N–H and O–H groups in total. The first-order valence-electron chi connectivity index (χ1n) is 11.5. The molecule has 0 aromatic carbocycles. The van der Waals surface area contributed by atoms with Crippen molar-refractivity contribution >= 4 is 18.0 Å². The Morgan fingerprint density at radius 2 is 1.72 bits per heavy atom. The van der Waals surface area contributed by atoms with Crippen molar-refractivity contribution in [1.29, 1.82) is 0 Å². The van der Waals surface area contributed by atoms with E-state index in [1.165, 1.54) is 4.90 Å². The maximum absolute atomic E-state index is 13.3. The average Bonchev–Trinajstić information content (AvgIpc) is 3.02. The molecule has 184 valence electrons. The van der Waals surface area contributed by atoms with E-state index in [1.807, 2.05) is 26.0 Å². The van der Waals surface area contributed by atoms with Gasteiger partial charge in [0, 0.05) is 18.5 Å². The second-order valence-corrected chi connectivity index (χ2v) is 10.4. The van der Waals surface area contributed by atoms with Gasteiger partial charge in [-0.2, -0.15) is 0 Å². The molecule has 0 radical (unpaired) electrons. The van der Waals surface area contributed by atoms with Crippen LogP contribution in [0.25, 0.3) is 0 Å². The number of aliphatic hydroxyl groups excluding tert-OH is 1. The summed E-state index contributed by atoms with van der Waals surface area (Å²) in [7, 11) is 0. The van der Waals surface area contributed by atoms with Crippen molar-refractivity contribution in [1.82, 2.24) is 10.2 Å². The second-order valence-electron chi connectivity index (χ2n) is 10.4. The maximum Gasteiger partial charge on any atom is 0.411 e. The molecule has 0 aromatic rings. The van der Waals surface area contributed by atoms with E-state index in [9.17, 15) is 14.4 Å². The Hall–Kier alpha value is -2.09. The standard InChI is InChI=1S/C24H42N2O6/c1-9-11-16-13-18(21(29)31-23(3,4)5)26(22(30)32-24(6,7)8)20(16)17(12-10-2)14-25-19(28)15-27/h9,11,16-18,20,27H,10,12-15H2,1-8H3,(H,25,28)/t16-,17?,18-,20-/m1/s1. The van der Waals surface area contributed by atoms with Crippen LogP contribution in [0.1, 0.15) is 74.7 Å². The number of aliphatic hydroxyl groups is 1. The minimum atomic E-state index is -0.789. The highest BCUT2D eigenvalue weighted by molar-refractivity contribution is 5.83. The van der Waals surface area contributed by atoms with Crippen LogP contribution >= 0.6 is 0 Å². The van der Waals surface area contributed by atoms with E-state index in [2.05, 4.69) is 5.32 Å². The number of carbonyl (C=O) groups excluding carboxylic acids is 3. The molecule has 1 unspecified atom stereocenters. The highest BCUT2D eigenvalue weighted by atomic mass is 16.6. The van der Waals surface area contributed by atoms with Gasteiger partial charge in [0.2, 0.25) is 5.91 Å². The van der Waals surface area contributed by atoms with Crippen molar-refractivity contribution in [2.75, 3.05) is 13.2 Å². The zero-order chi connectivity index (χ0) is 24.7. The van der Waals surface area contributed by atoms with Gasteiger partial charge >= 0.3 is 12.1 Å². The Morgan fingerprint density at radius 3 is 2.19 bits per heavy atom. The van der Waals surface area contributed by atoms with Crippen molar-refractivity contribution in [3.8, 4) is 0 Å². The number of hydrogen-bond acceptors (Lipinski definition) is 6. The minimum Gasteiger partial charge on any atom is -0.458 e. The van der Waals surface area contributed by atoms with Crippen molar-refractivity contribution in [3.63, 3.8) is 0 Å². The van der Waals surface area contributed by atoms with Crippen LogP contribution in [0.5, 0.6) is 0 Å². The summed E-state index contributed by atoms with van der Waals surface area (Å²) >= 11 is 0. The first kappa shape index (κ1) is 27.9. The second kappa shape index (κ2) is 11.7. The molecule has 1 rings (SSSR count). The van der Waals surface area contributed by atoms with Crippen LogP contribution in [0.2, 0.25) is 0 Å². The Bertz CT molecular complexity index is 677. The van der Waals surface area contributed by atoms with Crippen LogP contribution in [0.15, 0.2) is 12.2 Å². The van der Waals surface area contributed by atoms with Crippen LogP contribution in [-0.4, -0.2) is 64.4 Å². The van der Waals surface area contributed by atoms with E-state index in [1.54, 1.807) is 41.5 Å². The largest absolute Gasteiger partial charge is 0.458 e. The van der Waals surface area contributed by atoms with E-state index < -0.39 is 41.8 Å². The van der Waals surface area contributed by atoms with Gasteiger partial charge in [0.15, 0.2) is 0 Å². The predicted octanol–water partition coefficient (Wildman–Crippen LogP) is 3.42. The molecule has 1 heterocycles. The van der Waals surface area contributed by atoms with Gasteiger partial charge in [-0.25, -0.2) is 9.59 Å². The number of carbonyl (C=O) groups is 3. The van der Waals surface area contributed by atoms with E-state index >= 15 is 0 Å². The number of nitrogens with zero attached hydrogens (tertiary/aromatic N) is 1. The first-order chi connectivity index (χ1) is 14.7. The summed E-state index contributed by atoms with van der Waals surface area (Å²) in [6, 6.07) is -1.15. The molecule has 32 heavy (non-hydrogen) atoms. The fraction of sp³-hybridized carbons (Fsp3) is 0.792. The highest BCUT2D eigenvalue weighted by Gasteiger charge is 2.51. The molecule has 1 fully saturated rings. The number of rotatable bonds is 8. The maximum atomic E-state index is 13.3. The lowest BCUT2D eigenvalue weighted by molar-refractivity contribution is -0.160. The fourth-order valence-electron chi connectivity index (χ4n) is 4.15. The summed E-state index contributed by atoms with van der Waals surface area (Å²) in [5, 5.41) is 11.8. The number of esters is 1. The summed E-state index contributed by atoms with van der Waals surface area (Å²) in [5.74, 6) is -1.17. The summed E-state index contributed by atoms with van der Waals surface area (Å²) in [5.41, 5.74) is -1.42. The quantitative estimate of drug-likeness (QED) is 0.430. The van der Waals surface area contributed by atoms with Gasteiger partial charge in [-0.05, 0) is 67.2 Å². The zero-order valence-corrected chi connectivity index (χ0v) is 20.9. The number of nitrogens with one attached hydrogen (secondary N) is 1. The summed E-state index contributed by atoms with van der Waals surface area (Å²) in [6.45, 7) is 14.4. The van der Waals surface area contributed by atoms with Crippen LogP contribution in [0, 0.1) is 11.8 Å². The minimum absolute atomic E-state index is 0.104. The molecule has 0 aliphatic carbocycles. The van der Waals surface area contributed by atoms with Crippen LogP contribution in [0.4, 0.5) is 4.79 Å². The molecule has 4 atom stereocenters. The zero-order valence-electron chi connectivity index (χ0n) is 20.9. The number of amides is 2. The number of likely N-dealkylation sites (tertiary alicyclic amines) is 1. The lowest BCUT2D eigenvalue weighted by atomic mass is 9.85. The molecule has 0 aromatic heterocycles. The van der Waals surface area contributed by atoms with Crippen LogP contribution < -0.4 is 5.32 Å². The van der Waals surface area contributed by atoms with Gasteiger partial charge in [0.1, 0.15) is 23.9 Å². The fourth-order valence-corrected chi connectivity index (χ4v) is 4.15. The highest BCUT2D eigenvalue weighted by Crippen LogP contribution is 2.39. The Balaban J connectivity index is 3.42. The molecule has 2 amide bonds. The number of allylic oxidation sites excluding steroid dienone is 1. The molecule has 0 spiro atoms. The van der Waals surface area contributed by atoms with E-state index in [0.717, 1.165) is 12.8 Å². The van der Waals surface area contributed by atoms with Gasteiger partial charge in [-0.1, -0.05) is 25.5 Å². The van der Waals surface area contributed by atoms with Gasteiger partial charge in [-0.15, -0.1) is 0 Å². The topological polar surface area (TPSA) is 105 Å². The summed E-state index contributed by atoms with van der Waals surface area (Å²) in [4.78, 5) is 39.7. The lowest BCUT2D eigenvalue weighted by Gasteiger charge is -2.37. The smallest absolute Gasteiger partial charge is 0.411 e. The number of ether oxygens (including phenoxy) is 2. The van der Waals surface area contributed by atoms with Crippen molar-refractivity contribution in [2.45, 2.75) is 97.9 Å². The molecular formula is C24H42N2O6. The molecule has 0 saturated carbocycles. The molecule has 0 bridgehead atoms. The SMILES string of the molecule is CC=C[C@@H]1C[C@H](C(=O)OC(C)(C)C)N(C(=O)OC(C)(C)C)[C@H]1C(CCC)CNC(=O)CO. The molecule has 8 nitrogen and oxygen atoms in total. The third kappa shape index (κ3) is 8.45. The van der Waals surface area contributed by atoms with Gasteiger partial charge in [0.05, 0.1) is 0 Å². The van der Waals surface area contributed by atoms with Gasteiger partial charge < -0.3 is 19.9 Å². The third-order valence-electron chi connectivity index (χ3n) is 5.16.